The minimum absolute atomic E-state index is 0.637. The van der Waals surface area contributed by atoms with Gasteiger partial charge >= 0.3 is 0 Å². The summed E-state index contributed by atoms with van der Waals surface area (Å²) in [6, 6.07) is 8.88. The molecule has 0 nitrogen and oxygen atoms in total. The smallest absolute Gasteiger partial charge is 0.00837 e. The second kappa shape index (κ2) is 3.23. The van der Waals surface area contributed by atoms with E-state index in [0.29, 0.717) is 11.3 Å². The first-order valence-electron chi connectivity index (χ1n) is 6.13. The molecule has 1 saturated carbocycles. The number of rotatable bonds is 3. The van der Waals surface area contributed by atoms with E-state index in [1.165, 1.54) is 31.2 Å². The van der Waals surface area contributed by atoms with Crippen molar-refractivity contribution in [3.8, 4) is 0 Å². The van der Waals surface area contributed by atoms with Crippen LogP contribution in [0, 0.1) is 5.41 Å². The fourth-order valence-corrected chi connectivity index (χ4v) is 3.16. The molecule has 0 saturated heterocycles. The van der Waals surface area contributed by atoms with Crippen molar-refractivity contribution in [2.45, 2.75) is 38.5 Å². The largest absolute Gasteiger partial charge is 0.0758 e. The maximum atomic E-state index is 2.44. The summed E-state index contributed by atoms with van der Waals surface area (Å²) in [4.78, 5) is 0. The third kappa shape index (κ3) is 1.35. The lowest BCUT2D eigenvalue weighted by atomic mass is 9.82. The molecule has 2 aliphatic carbocycles. The van der Waals surface area contributed by atoms with Gasteiger partial charge in [-0.25, -0.2) is 0 Å². The van der Waals surface area contributed by atoms with Crippen molar-refractivity contribution < 1.29 is 0 Å². The average molecular weight is 198 g/mol. The van der Waals surface area contributed by atoms with Crippen LogP contribution in [0.4, 0.5) is 0 Å². The van der Waals surface area contributed by atoms with E-state index >= 15 is 0 Å². The Labute approximate surface area is 92.0 Å². The molecule has 2 aliphatic rings. The lowest BCUT2D eigenvalue weighted by Gasteiger charge is -2.22. The highest BCUT2D eigenvalue weighted by Gasteiger charge is 2.48. The first-order valence-corrected chi connectivity index (χ1v) is 6.13. The van der Waals surface area contributed by atoms with Crippen LogP contribution in [0.1, 0.15) is 49.7 Å². The molecule has 1 aromatic carbocycles. The molecule has 0 amide bonds. The fraction of sp³-hybridized carbons (Fsp3) is 0.467. The molecule has 1 fully saturated rings. The van der Waals surface area contributed by atoms with Gasteiger partial charge in [0.2, 0.25) is 0 Å². The Hall–Kier alpha value is -1.04. The van der Waals surface area contributed by atoms with Gasteiger partial charge in [0.15, 0.2) is 0 Å². The third-order valence-corrected chi connectivity index (χ3v) is 4.10. The highest BCUT2D eigenvalue weighted by Crippen LogP contribution is 2.61. The molecule has 1 unspecified atom stereocenters. The van der Waals surface area contributed by atoms with Crippen LogP contribution in [0.5, 0.6) is 0 Å². The average Bonchev–Trinajstić information content (AvgIpc) is 2.91. The molecule has 3 rings (SSSR count). The van der Waals surface area contributed by atoms with Gasteiger partial charge in [-0.05, 0) is 35.8 Å². The van der Waals surface area contributed by atoms with E-state index in [-0.39, 0.29) is 0 Å². The number of allylic oxidation sites excluding steroid dienone is 1. The van der Waals surface area contributed by atoms with Crippen molar-refractivity contribution in [1.82, 2.24) is 0 Å². The number of hydrogen-bond acceptors (Lipinski definition) is 0. The van der Waals surface area contributed by atoms with Crippen LogP contribution < -0.4 is 0 Å². The molecule has 1 atom stereocenters. The maximum Gasteiger partial charge on any atom is 0.00837 e. The fourth-order valence-electron chi connectivity index (χ4n) is 3.16. The highest BCUT2D eigenvalue weighted by molar-refractivity contribution is 5.63. The molecule has 0 spiro atoms. The molecule has 0 aromatic heterocycles. The van der Waals surface area contributed by atoms with Crippen LogP contribution in [-0.4, -0.2) is 0 Å². The van der Waals surface area contributed by atoms with Gasteiger partial charge in [0.1, 0.15) is 0 Å². The van der Waals surface area contributed by atoms with E-state index in [1.807, 2.05) is 0 Å². The molecule has 0 heteroatoms. The van der Waals surface area contributed by atoms with Crippen LogP contribution in [0.25, 0.3) is 6.08 Å². The van der Waals surface area contributed by atoms with Crippen LogP contribution in [0.3, 0.4) is 0 Å². The second-order valence-electron chi connectivity index (χ2n) is 5.08. The van der Waals surface area contributed by atoms with E-state index in [2.05, 4.69) is 43.3 Å². The zero-order chi connectivity index (χ0) is 10.3. The highest BCUT2D eigenvalue weighted by atomic mass is 14.5. The quantitative estimate of drug-likeness (QED) is 0.676. The Morgan fingerprint density at radius 1 is 1.27 bits per heavy atom. The summed E-state index contributed by atoms with van der Waals surface area (Å²) in [5.74, 6) is 0.716. The topological polar surface area (TPSA) is 0 Å². The molecule has 0 bridgehead atoms. The monoisotopic (exact) mass is 198 g/mol. The number of benzene rings is 1. The standard InChI is InChI=1S/C15H18/c1-2-9-15(10-11-15)14-8-7-12-5-3-4-6-13(12)14/h3-8,14H,2,9-11H2,1H3. The Balaban J connectivity index is 1.94. The molecular weight excluding hydrogens is 180 g/mol. The Morgan fingerprint density at radius 3 is 2.80 bits per heavy atom. The Bertz CT molecular complexity index is 396. The van der Waals surface area contributed by atoms with Crippen LogP contribution in [-0.2, 0) is 0 Å². The zero-order valence-corrected chi connectivity index (χ0v) is 9.37. The lowest BCUT2D eigenvalue weighted by molar-refractivity contribution is 0.417. The normalized spacial score (nSPS) is 25.3. The van der Waals surface area contributed by atoms with Crippen molar-refractivity contribution in [1.29, 1.82) is 0 Å². The maximum absolute atomic E-state index is 2.44. The lowest BCUT2D eigenvalue weighted by Crippen LogP contribution is -2.10. The van der Waals surface area contributed by atoms with E-state index in [9.17, 15) is 0 Å². The van der Waals surface area contributed by atoms with Crippen LogP contribution in [0.2, 0.25) is 0 Å². The van der Waals surface area contributed by atoms with Crippen molar-refractivity contribution in [3.63, 3.8) is 0 Å². The summed E-state index contributed by atoms with van der Waals surface area (Å²) in [5, 5.41) is 0. The van der Waals surface area contributed by atoms with Gasteiger partial charge in [0.05, 0.1) is 0 Å². The summed E-state index contributed by atoms with van der Waals surface area (Å²) < 4.78 is 0. The van der Waals surface area contributed by atoms with Crippen LogP contribution in [0.15, 0.2) is 30.3 Å². The molecule has 1 aromatic rings. The van der Waals surface area contributed by atoms with E-state index < -0.39 is 0 Å². The SMILES string of the molecule is CCCC1(C2C=Cc3ccccc32)CC1. The minimum Gasteiger partial charge on any atom is -0.0758 e. The molecular formula is C15H18. The van der Waals surface area contributed by atoms with E-state index in [1.54, 1.807) is 5.56 Å². The Kier molecular flexibility index (Phi) is 1.98. The predicted molar refractivity (Wildman–Crippen MR) is 64.8 cm³/mol. The molecule has 0 radical (unpaired) electrons. The molecule has 0 N–H and O–H groups in total. The zero-order valence-electron chi connectivity index (χ0n) is 9.37. The molecule has 15 heavy (non-hydrogen) atoms. The van der Waals surface area contributed by atoms with Gasteiger partial charge in [-0.2, -0.15) is 0 Å². The van der Waals surface area contributed by atoms with Gasteiger partial charge in [0, 0.05) is 5.92 Å². The summed E-state index contributed by atoms with van der Waals surface area (Å²) in [7, 11) is 0. The second-order valence-corrected chi connectivity index (χ2v) is 5.08. The first kappa shape index (κ1) is 9.21. The van der Waals surface area contributed by atoms with Crippen LogP contribution >= 0.6 is 0 Å². The minimum atomic E-state index is 0.637. The van der Waals surface area contributed by atoms with Gasteiger partial charge in [-0.1, -0.05) is 49.8 Å². The summed E-state index contributed by atoms with van der Waals surface area (Å²) in [6.45, 7) is 2.31. The van der Waals surface area contributed by atoms with Crippen molar-refractivity contribution in [2.24, 2.45) is 5.41 Å². The van der Waals surface area contributed by atoms with Gasteiger partial charge < -0.3 is 0 Å². The number of fused-ring (bicyclic) bond motifs is 1. The van der Waals surface area contributed by atoms with E-state index in [0.717, 1.165) is 0 Å². The molecule has 0 aliphatic heterocycles. The van der Waals surface area contributed by atoms with Gasteiger partial charge in [-0.3, -0.25) is 0 Å². The predicted octanol–water partition coefficient (Wildman–Crippen LogP) is 4.38. The molecule has 0 heterocycles. The van der Waals surface area contributed by atoms with Crippen molar-refractivity contribution >= 4 is 6.08 Å². The summed E-state index contributed by atoms with van der Waals surface area (Å²) in [6.07, 6.45) is 10.3. The number of hydrogen-bond donors (Lipinski definition) is 0. The third-order valence-electron chi connectivity index (χ3n) is 4.10. The summed E-state index contributed by atoms with van der Waals surface area (Å²) >= 11 is 0. The van der Waals surface area contributed by atoms with Crippen molar-refractivity contribution in [2.75, 3.05) is 0 Å². The Morgan fingerprint density at radius 2 is 2.07 bits per heavy atom. The van der Waals surface area contributed by atoms with Gasteiger partial charge in [0.25, 0.3) is 0 Å². The first-order chi connectivity index (χ1) is 7.36. The van der Waals surface area contributed by atoms with Gasteiger partial charge in [-0.15, -0.1) is 0 Å². The summed E-state index contributed by atoms with van der Waals surface area (Å²) in [5.41, 5.74) is 3.66. The van der Waals surface area contributed by atoms with Crippen molar-refractivity contribution in [3.05, 3.63) is 41.5 Å². The van der Waals surface area contributed by atoms with E-state index in [4.69, 9.17) is 0 Å². The molecule has 78 valence electrons.